The third-order valence-corrected chi connectivity index (χ3v) is 2.94. The maximum atomic E-state index is 6.29. The van der Waals surface area contributed by atoms with Crippen molar-refractivity contribution in [2.75, 3.05) is 26.3 Å². The molecule has 0 bridgehead atoms. The molecule has 1 heterocycles. The highest BCUT2D eigenvalue weighted by Crippen LogP contribution is 2.21. The fraction of sp³-hybridized carbons (Fsp3) is 0.833. The normalized spacial score (nSPS) is 27.3. The zero-order valence-electron chi connectivity index (χ0n) is 10.3. The molecule has 0 saturated carbocycles. The molecule has 2 N–H and O–H groups in total. The van der Waals surface area contributed by atoms with E-state index in [-0.39, 0.29) is 11.1 Å². The highest BCUT2D eigenvalue weighted by molar-refractivity contribution is 4.95. The minimum atomic E-state index is -0.170. The quantitative estimate of drug-likeness (QED) is 0.716. The van der Waals surface area contributed by atoms with Crippen LogP contribution in [0.25, 0.3) is 0 Å². The van der Waals surface area contributed by atoms with E-state index in [1.165, 1.54) is 0 Å². The lowest BCUT2D eigenvalue weighted by Gasteiger charge is -2.39. The maximum absolute atomic E-state index is 6.29. The number of ether oxygens (including phenoxy) is 1. The van der Waals surface area contributed by atoms with Crippen LogP contribution in [0.2, 0.25) is 0 Å². The van der Waals surface area contributed by atoms with Gasteiger partial charge in [0.1, 0.15) is 0 Å². The standard InChI is InChI=1S/C12H24N2O/c1-5-7-14(11(2,3)4)9-12(13)6-8-15-10-12/h5H,1,6-10,13H2,2-4H3. The van der Waals surface area contributed by atoms with Gasteiger partial charge in [0, 0.05) is 25.2 Å². The molecule has 1 fully saturated rings. The summed E-state index contributed by atoms with van der Waals surface area (Å²) in [4.78, 5) is 2.36. The van der Waals surface area contributed by atoms with E-state index in [4.69, 9.17) is 10.5 Å². The van der Waals surface area contributed by atoms with Crippen molar-refractivity contribution < 1.29 is 4.74 Å². The van der Waals surface area contributed by atoms with Gasteiger partial charge in [0.05, 0.1) is 12.1 Å². The Balaban J connectivity index is 2.61. The third-order valence-electron chi connectivity index (χ3n) is 2.94. The van der Waals surface area contributed by atoms with Crippen LogP contribution < -0.4 is 5.73 Å². The van der Waals surface area contributed by atoms with Gasteiger partial charge in [-0.2, -0.15) is 0 Å². The van der Waals surface area contributed by atoms with Crippen LogP contribution in [0.3, 0.4) is 0 Å². The van der Waals surface area contributed by atoms with E-state index >= 15 is 0 Å². The Labute approximate surface area is 93.3 Å². The van der Waals surface area contributed by atoms with Crippen molar-refractivity contribution in [2.45, 2.75) is 38.3 Å². The lowest BCUT2D eigenvalue weighted by molar-refractivity contribution is 0.104. The summed E-state index contributed by atoms with van der Waals surface area (Å²) in [5, 5.41) is 0. The summed E-state index contributed by atoms with van der Waals surface area (Å²) in [5.74, 6) is 0. The van der Waals surface area contributed by atoms with E-state index in [0.29, 0.717) is 6.61 Å². The number of rotatable bonds is 4. The molecule has 88 valence electrons. The molecule has 0 aromatic carbocycles. The zero-order valence-corrected chi connectivity index (χ0v) is 10.3. The summed E-state index contributed by atoms with van der Waals surface area (Å²) < 4.78 is 5.37. The van der Waals surface area contributed by atoms with Gasteiger partial charge in [-0.05, 0) is 27.2 Å². The number of nitrogens with zero attached hydrogens (tertiary/aromatic N) is 1. The molecule has 1 aliphatic heterocycles. The summed E-state index contributed by atoms with van der Waals surface area (Å²) >= 11 is 0. The molecular formula is C12H24N2O. The molecule has 1 rings (SSSR count). The van der Waals surface area contributed by atoms with E-state index in [9.17, 15) is 0 Å². The Morgan fingerprint density at radius 2 is 2.20 bits per heavy atom. The Bertz CT molecular complexity index is 214. The van der Waals surface area contributed by atoms with Crippen molar-refractivity contribution in [3.63, 3.8) is 0 Å². The first-order valence-electron chi connectivity index (χ1n) is 5.60. The average Bonchev–Trinajstić information content (AvgIpc) is 2.50. The summed E-state index contributed by atoms with van der Waals surface area (Å²) in [6.07, 6.45) is 2.89. The minimum Gasteiger partial charge on any atom is -0.379 e. The molecule has 3 heteroatoms. The summed E-state index contributed by atoms with van der Waals surface area (Å²) in [7, 11) is 0. The SMILES string of the molecule is C=CCN(CC1(N)CCOC1)C(C)(C)C. The predicted molar refractivity (Wildman–Crippen MR) is 63.9 cm³/mol. The predicted octanol–water partition coefficient (Wildman–Crippen LogP) is 1.39. The zero-order chi connectivity index (χ0) is 11.5. The Morgan fingerprint density at radius 1 is 1.53 bits per heavy atom. The lowest BCUT2D eigenvalue weighted by atomic mass is 9.96. The molecular weight excluding hydrogens is 188 g/mol. The van der Waals surface area contributed by atoms with Crippen LogP contribution in [0.15, 0.2) is 12.7 Å². The molecule has 15 heavy (non-hydrogen) atoms. The van der Waals surface area contributed by atoms with Crippen LogP contribution in [0.5, 0.6) is 0 Å². The molecule has 1 atom stereocenters. The summed E-state index contributed by atoms with van der Waals surface area (Å²) in [6.45, 7) is 13.6. The van der Waals surface area contributed by atoms with Crippen LogP contribution in [-0.4, -0.2) is 42.3 Å². The van der Waals surface area contributed by atoms with Gasteiger partial charge in [0.2, 0.25) is 0 Å². The average molecular weight is 212 g/mol. The molecule has 0 radical (unpaired) electrons. The highest BCUT2D eigenvalue weighted by Gasteiger charge is 2.35. The second-order valence-corrected chi connectivity index (χ2v) is 5.50. The van der Waals surface area contributed by atoms with E-state index in [1.54, 1.807) is 0 Å². The van der Waals surface area contributed by atoms with Crippen molar-refractivity contribution in [1.29, 1.82) is 0 Å². The molecule has 1 aliphatic rings. The summed E-state index contributed by atoms with van der Waals surface area (Å²) in [5.41, 5.74) is 6.24. The Hall–Kier alpha value is -0.380. The topological polar surface area (TPSA) is 38.5 Å². The van der Waals surface area contributed by atoms with Crippen LogP contribution in [-0.2, 0) is 4.74 Å². The molecule has 0 aliphatic carbocycles. The summed E-state index contributed by atoms with van der Waals surface area (Å²) in [6, 6.07) is 0. The van der Waals surface area contributed by atoms with Gasteiger partial charge < -0.3 is 10.5 Å². The highest BCUT2D eigenvalue weighted by atomic mass is 16.5. The van der Waals surface area contributed by atoms with Gasteiger partial charge >= 0.3 is 0 Å². The van der Waals surface area contributed by atoms with Crippen molar-refractivity contribution >= 4 is 0 Å². The van der Waals surface area contributed by atoms with Crippen molar-refractivity contribution in [3.05, 3.63) is 12.7 Å². The van der Waals surface area contributed by atoms with Crippen LogP contribution in [0.1, 0.15) is 27.2 Å². The van der Waals surface area contributed by atoms with E-state index < -0.39 is 0 Å². The Kier molecular flexibility index (Phi) is 3.93. The first kappa shape index (κ1) is 12.7. The van der Waals surface area contributed by atoms with Crippen LogP contribution in [0, 0.1) is 0 Å². The second kappa shape index (κ2) is 4.64. The van der Waals surface area contributed by atoms with Crippen molar-refractivity contribution in [1.82, 2.24) is 4.90 Å². The molecule has 1 saturated heterocycles. The first-order chi connectivity index (χ1) is 6.87. The van der Waals surface area contributed by atoms with Gasteiger partial charge in [-0.15, -0.1) is 6.58 Å². The largest absolute Gasteiger partial charge is 0.379 e. The lowest BCUT2D eigenvalue weighted by Crippen LogP contribution is -2.55. The van der Waals surface area contributed by atoms with Gasteiger partial charge in [-0.25, -0.2) is 0 Å². The molecule has 0 aromatic rings. The fourth-order valence-electron chi connectivity index (χ4n) is 1.86. The van der Waals surface area contributed by atoms with Crippen LogP contribution >= 0.6 is 0 Å². The minimum absolute atomic E-state index is 0.128. The number of nitrogens with two attached hydrogens (primary N) is 1. The molecule has 0 amide bonds. The third kappa shape index (κ3) is 3.59. The fourth-order valence-corrected chi connectivity index (χ4v) is 1.86. The van der Waals surface area contributed by atoms with Crippen molar-refractivity contribution in [3.8, 4) is 0 Å². The molecule has 0 aromatic heterocycles. The molecule has 1 unspecified atom stereocenters. The van der Waals surface area contributed by atoms with Gasteiger partial charge in [-0.3, -0.25) is 4.90 Å². The van der Waals surface area contributed by atoms with Crippen LogP contribution in [0.4, 0.5) is 0 Å². The van der Waals surface area contributed by atoms with Gasteiger partial charge in [0.15, 0.2) is 0 Å². The van der Waals surface area contributed by atoms with Gasteiger partial charge in [-0.1, -0.05) is 6.08 Å². The monoisotopic (exact) mass is 212 g/mol. The smallest absolute Gasteiger partial charge is 0.0659 e. The van der Waals surface area contributed by atoms with E-state index in [1.807, 2.05) is 6.08 Å². The first-order valence-corrected chi connectivity index (χ1v) is 5.60. The van der Waals surface area contributed by atoms with Gasteiger partial charge in [0.25, 0.3) is 0 Å². The number of hydrogen-bond acceptors (Lipinski definition) is 3. The maximum Gasteiger partial charge on any atom is 0.0659 e. The number of hydrogen-bond donors (Lipinski definition) is 1. The van der Waals surface area contributed by atoms with E-state index in [2.05, 4.69) is 32.3 Å². The Morgan fingerprint density at radius 3 is 2.60 bits per heavy atom. The van der Waals surface area contributed by atoms with E-state index in [0.717, 1.165) is 26.1 Å². The van der Waals surface area contributed by atoms with Crippen molar-refractivity contribution in [2.24, 2.45) is 5.73 Å². The molecule has 0 spiro atoms. The molecule has 3 nitrogen and oxygen atoms in total. The second-order valence-electron chi connectivity index (χ2n) is 5.50.